The molecule has 2 aliphatic heterocycles. The van der Waals surface area contributed by atoms with Gasteiger partial charge in [0.15, 0.2) is 11.6 Å². The van der Waals surface area contributed by atoms with E-state index in [4.69, 9.17) is 31.0 Å². The quantitative estimate of drug-likeness (QED) is 0.191. The molecule has 0 unspecified atom stereocenters. The number of hydrogen-bond acceptors (Lipinski definition) is 9. The Morgan fingerprint density at radius 3 is 2.51 bits per heavy atom. The molecule has 5 heterocycles. The lowest BCUT2D eigenvalue weighted by Gasteiger charge is -2.36. The van der Waals surface area contributed by atoms with Crippen molar-refractivity contribution in [2.75, 3.05) is 49.1 Å². The summed E-state index contributed by atoms with van der Waals surface area (Å²) in [6.45, 7) is 11.4. The van der Waals surface area contributed by atoms with E-state index in [1.165, 1.54) is 6.07 Å². The Morgan fingerprint density at radius 2 is 1.78 bits per heavy atom. The fourth-order valence-corrected chi connectivity index (χ4v) is 6.44. The lowest BCUT2D eigenvalue weighted by atomic mass is 10.1. The second-order valence-electron chi connectivity index (χ2n) is 13.5. The first-order valence-electron chi connectivity index (χ1n) is 16.5. The molecule has 2 aromatic carbocycles. The predicted molar refractivity (Wildman–Crippen MR) is 187 cm³/mol. The van der Waals surface area contributed by atoms with Gasteiger partial charge in [-0.1, -0.05) is 17.7 Å². The van der Waals surface area contributed by atoms with Gasteiger partial charge in [-0.05, 0) is 63.2 Å². The van der Waals surface area contributed by atoms with Gasteiger partial charge in [-0.3, -0.25) is 4.90 Å². The van der Waals surface area contributed by atoms with E-state index >= 15 is 0 Å². The highest BCUT2D eigenvalue weighted by Crippen LogP contribution is 2.34. The molecule has 0 radical (unpaired) electrons. The second-order valence-corrected chi connectivity index (χ2v) is 14.0. The van der Waals surface area contributed by atoms with E-state index in [1.807, 2.05) is 62.8 Å². The van der Waals surface area contributed by atoms with Gasteiger partial charge >= 0.3 is 5.97 Å². The number of hydrogen-bond donors (Lipinski definition) is 0. The minimum atomic E-state index is -0.592. The van der Waals surface area contributed by atoms with Crippen LogP contribution in [0.5, 0.6) is 5.75 Å². The number of carbonyl (C=O) groups is 1. The predicted octanol–water partition coefficient (Wildman–Crippen LogP) is 5.68. The first-order valence-corrected chi connectivity index (χ1v) is 16.9. The van der Waals surface area contributed by atoms with Crippen LogP contribution in [0.25, 0.3) is 11.0 Å². The number of ether oxygens (including phenoxy) is 2. The third-order valence-corrected chi connectivity index (χ3v) is 9.10. The van der Waals surface area contributed by atoms with E-state index in [2.05, 4.69) is 24.3 Å². The maximum atomic E-state index is 14.6. The van der Waals surface area contributed by atoms with Crippen LogP contribution in [0.2, 0.25) is 5.02 Å². The first kappa shape index (κ1) is 32.8. The first-order chi connectivity index (χ1) is 23.5. The molecule has 5 aromatic rings. The molecule has 49 heavy (non-hydrogen) atoms. The van der Waals surface area contributed by atoms with Crippen molar-refractivity contribution in [1.29, 1.82) is 0 Å². The molecule has 2 aliphatic rings. The van der Waals surface area contributed by atoms with Gasteiger partial charge < -0.3 is 28.4 Å². The van der Waals surface area contributed by atoms with Crippen LogP contribution in [0, 0.1) is 5.82 Å². The highest BCUT2D eigenvalue weighted by atomic mass is 35.5. The Balaban J connectivity index is 1.08. The zero-order valence-electron chi connectivity index (χ0n) is 28.2. The van der Waals surface area contributed by atoms with E-state index in [1.54, 1.807) is 24.4 Å². The molecular formula is C36H40ClFN8O3. The Morgan fingerprint density at radius 1 is 0.959 bits per heavy atom. The van der Waals surface area contributed by atoms with E-state index in [0.717, 1.165) is 54.7 Å². The largest absolute Gasteiger partial charge is 0.488 e. The maximum Gasteiger partial charge on any atom is 0.338 e. The number of aromatic nitrogens is 5. The molecule has 0 amide bonds. The van der Waals surface area contributed by atoms with E-state index < -0.39 is 5.60 Å². The highest BCUT2D eigenvalue weighted by molar-refractivity contribution is 6.30. The minimum absolute atomic E-state index is 0.329. The Labute approximate surface area is 289 Å². The van der Waals surface area contributed by atoms with Crippen molar-refractivity contribution in [2.24, 2.45) is 7.05 Å². The summed E-state index contributed by atoms with van der Waals surface area (Å²) in [5.41, 5.74) is 2.14. The molecule has 0 N–H and O–H groups in total. The lowest BCUT2D eigenvalue weighted by Crippen LogP contribution is -2.46. The number of imidazole rings is 2. The summed E-state index contributed by atoms with van der Waals surface area (Å²) in [5.74, 6) is 3.38. The van der Waals surface area contributed by atoms with Gasteiger partial charge in [0.1, 0.15) is 35.5 Å². The van der Waals surface area contributed by atoms with Crippen molar-refractivity contribution in [3.05, 3.63) is 94.5 Å². The molecule has 11 nitrogen and oxygen atoms in total. The second kappa shape index (κ2) is 13.3. The summed E-state index contributed by atoms with van der Waals surface area (Å²) in [4.78, 5) is 34.3. The number of halogens is 2. The van der Waals surface area contributed by atoms with E-state index in [-0.39, 0.29) is 11.8 Å². The van der Waals surface area contributed by atoms with Crippen molar-refractivity contribution in [2.45, 2.75) is 46.0 Å². The van der Waals surface area contributed by atoms with Crippen LogP contribution in [0.4, 0.5) is 16.0 Å². The molecule has 3 aromatic heterocycles. The van der Waals surface area contributed by atoms with Crippen molar-refractivity contribution in [3.8, 4) is 5.75 Å². The van der Waals surface area contributed by atoms with Crippen LogP contribution in [-0.2, 0) is 31.4 Å². The van der Waals surface area contributed by atoms with Crippen LogP contribution < -0.4 is 14.5 Å². The van der Waals surface area contributed by atoms with Crippen molar-refractivity contribution >= 4 is 40.2 Å². The van der Waals surface area contributed by atoms with Gasteiger partial charge in [0.2, 0.25) is 0 Å². The van der Waals surface area contributed by atoms with E-state index in [9.17, 15) is 9.18 Å². The number of rotatable bonds is 8. The summed E-state index contributed by atoms with van der Waals surface area (Å²) in [7, 11) is 1.97. The number of fused-ring (bicyclic) bond motifs is 2. The van der Waals surface area contributed by atoms with Gasteiger partial charge in [-0.15, -0.1) is 0 Å². The summed E-state index contributed by atoms with van der Waals surface area (Å²) in [6.07, 6.45) is 3.71. The molecular weight excluding hydrogens is 647 g/mol. The number of pyridine rings is 1. The Kier molecular flexibility index (Phi) is 8.93. The van der Waals surface area contributed by atoms with Crippen LogP contribution in [0.1, 0.15) is 48.3 Å². The smallest absolute Gasteiger partial charge is 0.338 e. The van der Waals surface area contributed by atoms with Crippen molar-refractivity contribution in [1.82, 2.24) is 29.0 Å². The van der Waals surface area contributed by atoms with Crippen LogP contribution >= 0.6 is 11.6 Å². The summed E-state index contributed by atoms with van der Waals surface area (Å²) in [6, 6.07) is 14.3. The van der Waals surface area contributed by atoms with Gasteiger partial charge in [0, 0.05) is 62.8 Å². The molecule has 256 valence electrons. The highest BCUT2D eigenvalue weighted by Gasteiger charge is 2.26. The maximum absolute atomic E-state index is 14.6. The topological polar surface area (TPSA) is 93.8 Å². The van der Waals surface area contributed by atoms with Gasteiger partial charge in [0.05, 0.1) is 36.2 Å². The zero-order valence-corrected chi connectivity index (χ0v) is 29.0. The third kappa shape index (κ3) is 7.20. The number of carbonyl (C=O) groups excluding carboxylic acids is 1. The average Bonchev–Trinajstić information content (AvgIpc) is 3.63. The third-order valence-electron chi connectivity index (χ3n) is 8.86. The fraction of sp³-hybridized carbons (Fsp3) is 0.389. The van der Waals surface area contributed by atoms with Gasteiger partial charge in [-0.2, -0.15) is 0 Å². The molecule has 0 bridgehead atoms. The molecule has 0 aliphatic carbocycles. The molecule has 0 spiro atoms. The molecule has 0 saturated carbocycles. The van der Waals surface area contributed by atoms with E-state index in [0.29, 0.717) is 60.5 Å². The fourth-order valence-electron chi connectivity index (χ4n) is 6.28. The Bertz CT molecular complexity index is 2000. The normalized spacial score (nSPS) is 15.4. The summed E-state index contributed by atoms with van der Waals surface area (Å²) >= 11 is 5.98. The molecule has 1 saturated heterocycles. The number of nitrogens with zero attached hydrogens (tertiary/aromatic N) is 8. The Hall–Kier alpha value is -4.68. The van der Waals surface area contributed by atoms with Crippen molar-refractivity contribution in [3.63, 3.8) is 0 Å². The summed E-state index contributed by atoms with van der Waals surface area (Å²) < 4.78 is 30.3. The summed E-state index contributed by atoms with van der Waals surface area (Å²) in [5, 5.41) is 0.376. The molecule has 1 fully saturated rings. The number of aryl methyl sites for hydroxylation is 1. The van der Waals surface area contributed by atoms with Crippen molar-refractivity contribution < 1.29 is 18.7 Å². The monoisotopic (exact) mass is 686 g/mol. The number of benzene rings is 2. The van der Waals surface area contributed by atoms with Crippen LogP contribution in [0.15, 0.2) is 60.9 Å². The van der Waals surface area contributed by atoms with Gasteiger partial charge in [-0.25, -0.2) is 24.1 Å². The van der Waals surface area contributed by atoms with Crippen LogP contribution in [-0.4, -0.2) is 79.9 Å². The molecule has 0 atom stereocenters. The number of esters is 1. The average molecular weight is 687 g/mol. The standard InChI is InChI=1S/C36H40ClFN8O3/c1-36(2,3)49-35(47)24-6-8-28-29(19-24)46(23-32-39-11-12-42(32)4)33(40-28)22-43-13-15-44(16-14-43)31-10-9-30-34(41-31)45(17-18-48-30)21-25-5-7-26(37)20-27(25)38/h5-12,19-20H,13-18,21-23H2,1-4H3. The molecule has 13 heteroatoms. The van der Waals surface area contributed by atoms with Crippen LogP contribution in [0.3, 0.4) is 0 Å². The number of anilines is 2. The lowest BCUT2D eigenvalue weighted by molar-refractivity contribution is 0.00696. The van der Waals surface area contributed by atoms with Gasteiger partial charge in [0.25, 0.3) is 0 Å². The number of piperazine rings is 1. The SMILES string of the molecule is Cn1ccnc1Cn1c(CN2CCN(c3ccc4c(n3)N(Cc3ccc(Cl)cc3F)CCO4)CC2)nc2ccc(C(=O)OC(C)(C)C)cc21. The zero-order chi connectivity index (χ0) is 34.3. The molecule has 7 rings (SSSR count). The minimum Gasteiger partial charge on any atom is -0.488 e.